The predicted octanol–water partition coefficient (Wildman–Crippen LogP) is 5.47. The summed E-state index contributed by atoms with van der Waals surface area (Å²) in [6, 6.07) is 6.69. The number of nitrogens with one attached hydrogen (secondary N) is 1. The Morgan fingerprint density at radius 1 is 1.21 bits per heavy atom. The van der Waals surface area contributed by atoms with Gasteiger partial charge in [-0.25, -0.2) is 0 Å². The Morgan fingerprint density at radius 3 is 2.32 bits per heavy atom. The number of hydrogen-bond acceptors (Lipinski definition) is 2. The first-order chi connectivity index (χ1) is 8.69. The van der Waals surface area contributed by atoms with Crippen LogP contribution in [0, 0.1) is 5.92 Å². The van der Waals surface area contributed by atoms with E-state index in [4.69, 9.17) is 0 Å². The molecule has 0 heterocycles. The second kappa shape index (κ2) is 7.14. The molecule has 0 aromatic heterocycles. The van der Waals surface area contributed by atoms with Crippen LogP contribution in [-0.2, 0) is 6.54 Å². The molecule has 0 aliphatic carbocycles. The Labute approximate surface area is 131 Å². The van der Waals surface area contributed by atoms with E-state index in [1.165, 1.54) is 14.9 Å². The molecule has 1 nitrogen and oxygen atoms in total. The van der Waals surface area contributed by atoms with Gasteiger partial charge in [-0.2, -0.15) is 0 Å². The highest BCUT2D eigenvalue weighted by atomic mass is 79.9. The second-order valence-electron chi connectivity index (χ2n) is 6.42. The Hall–Kier alpha value is 0.01000. The van der Waals surface area contributed by atoms with Crippen molar-refractivity contribution >= 4 is 27.7 Å². The molecular weight excluding hydrogens is 318 g/mol. The van der Waals surface area contributed by atoms with Gasteiger partial charge in [0.05, 0.1) is 0 Å². The number of benzene rings is 1. The topological polar surface area (TPSA) is 12.0 Å². The third-order valence-electron chi connectivity index (χ3n) is 3.09. The van der Waals surface area contributed by atoms with Crippen LogP contribution in [0.1, 0.15) is 47.1 Å². The summed E-state index contributed by atoms with van der Waals surface area (Å²) in [4.78, 5) is 1.34. The average molecular weight is 344 g/mol. The Morgan fingerprint density at radius 2 is 1.84 bits per heavy atom. The normalized spacial score (nSPS) is 13.9. The summed E-state index contributed by atoms with van der Waals surface area (Å²) >= 11 is 5.64. The first-order valence-corrected chi connectivity index (χ1v) is 8.56. The number of thioether (sulfide) groups is 1. The van der Waals surface area contributed by atoms with Crippen LogP contribution in [0.3, 0.4) is 0 Å². The van der Waals surface area contributed by atoms with Gasteiger partial charge in [0.25, 0.3) is 0 Å². The van der Waals surface area contributed by atoms with Gasteiger partial charge < -0.3 is 5.32 Å². The first-order valence-electron chi connectivity index (χ1n) is 6.89. The van der Waals surface area contributed by atoms with Crippen molar-refractivity contribution in [2.24, 2.45) is 5.92 Å². The molecule has 0 saturated heterocycles. The molecule has 3 heteroatoms. The molecular formula is C16H26BrNS. The number of rotatable bonds is 5. The van der Waals surface area contributed by atoms with Crippen LogP contribution >= 0.6 is 27.7 Å². The van der Waals surface area contributed by atoms with Crippen LogP contribution in [-0.4, -0.2) is 10.8 Å². The molecule has 1 rings (SSSR count). The molecule has 0 bridgehead atoms. The summed E-state index contributed by atoms with van der Waals surface area (Å²) in [5.41, 5.74) is 1.47. The maximum atomic E-state index is 3.69. The first kappa shape index (κ1) is 17.1. The fourth-order valence-corrected chi connectivity index (χ4v) is 3.16. The molecule has 0 saturated carbocycles. The molecule has 0 radical (unpaired) electrons. The van der Waals surface area contributed by atoms with E-state index in [0.29, 0.717) is 11.2 Å². The van der Waals surface area contributed by atoms with Crippen LogP contribution < -0.4 is 5.32 Å². The lowest BCUT2D eigenvalue weighted by atomic mass is 10.1. The van der Waals surface area contributed by atoms with Crippen LogP contribution in [0.2, 0.25) is 0 Å². The standard InChI is InChI=1S/C16H26BrNS/c1-11(2)12(3)19-14-8-7-13(15(17)9-14)10-18-16(4,5)6/h7-9,11-12,18H,10H2,1-6H3. The largest absolute Gasteiger partial charge is 0.308 e. The Kier molecular flexibility index (Phi) is 6.41. The lowest BCUT2D eigenvalue weighted by Gasteiger charge is -2.21. The minimum atomic E-state index is 0.152. The van der Waals surface area contributed by atoms with E-state index in [-0.39, 0.29) is 5.54 Å². The van der Waals surface area contributed by atoms with Gasteiger partial charge in [-0.15, -0.1) is 11.8 Å². The molecule has 19 heavy (non-hydrogen) atoms. The molecule has 108 valence electrons. The molecule has 0 aliphatic heterocycles. The summed E-state index contributed by atoms with van der Waals surface area (Å²) < 4.78 is 1.20. The monoisotopic (exact) mass is 343 g/mol. The van der Waals surface area contributed by atoms with Crippen molar-refractivity contribution in [3.05, 3.63) is 28.2 Å². The highest BCUT2D eigenvalue weighted by Crippen LogP contribution is 2.31. The zero-order valence-corrected chi connectivity index (χ0v) is 15.3. The van der Waals surface area contributed by atoms with Crippen LogP contribution in [0.4, 0.5) is 0 Å². The molecule has 1 atom stereocenters. The van der Waals surface area contributed by atoms with E-state index in [0.717, 1.165) is 6.54 Å². The summed E-state index contributed by atoms with van der Waals surface area (Å²) in [6.07, 6.45) is 0. The fourth-order valence-electron chi connectivity index (χ4n) is 1.46. The van der Waals surface area contributed by atoms with Gasteiger partial charge >= 0.3 is 0 Å². The lowest BCUT2D eigenvalue weighted by molar-refractivity contribution is 0.424. The van der Waals surface area contributed by atoms with Gasteiger partial charge in [-0.05, 0) is 44.4 Å². The predicted molar refractivity (Wildman–Crippen MR) is 90.9 cm³/mol. The third kappa shape index (κ3) is 6.33. The minimum Gasteiger partial charge on any atom is -0.308 e. The van der Waals surface area contributed by atoms with Crippen molar-refractivity contribution in [3.8, 4) is 0 Å². The smallest absolute Gasteiger partial charge is 0.0231 e. The van der Waals surface area contributed by atoms with Gasteiger partial charge in [-0.3, -0.25) is 0 Å². The minimum absolute atomic E-state index is 0.152. The Balaban J connectivity index is 2.69. The molecule has 0 aliphatic rings. The van der Waals surface area contributed by atoms with E-state index >= 15 is 0 Å². The van der Waals surface area contributed by atoms with Gasteiger partial charge in [-0.1, -0.05) is 42.8 Å². The highest BCUT2D eigenvalue weighted by Gasteiger charge is 2.12. The lowest BCUT2D eigenvalue weighted by Crippen LogP contribution is -2.35. The summed E-state index contributed by atoms with van der Waals surface area (Å²) in [7, 11) is 0. The molecule has 1 aromatic carbocycles. The van der Waals surface area contributed by atoms with Crippen molar-refractivity contribution in [2.75, 3.05) is 0 Å². The summed E-state index contributed by atoms with van der Waals surface area (Å²) in [5.74, 6) is 0.700. The van der Waals surface area contributed by atoms with Gasteiger partial charge in [0.2, 0.25) is 0 Å². The van der Waals surface area contributed by atoms with E-state index in [2.05, 4.69) is 81.0 Å². The Bertz CT molecular complexity index is 410. The van der Waals surface area contributed by atoms with Crippen molar-refractivity contribution in [1.29, 1.82) is 0 Å². The summed E-state index contributed by atoms with van der Waals surface area (Å²) in [6.45, 7) is 14.3. The molecule has 0 amide bonds. The zero-order valence-electron chi connectivity index (χ0n) is 12.9. The van der Waals surface area contributed by atoms with E-state index in [9.17, 15) is 0 Å². The van der Waals surface area contributed by atoms with Crippen LogP contribution in [0.5, 0.6) is 0 Å². The molecule has 1 N–H and O–H groups in total. The van der Waals surface area contributed by atoms with E-state index in [1.807, 2.05) is 11.8 Å². The van der Waals surface area contributed by atoms with Crippen molar-refractivity contribution < 1.29 is 0 Å². The molecule has 1 unspecified atom stereocenters. The van der Waals surface area contributed by atoms with Crippen molar-refractivity contribution in [2.45, 2.75) is 63.8 Å². The van der Waals surface area contributed by atoms with Gasteiger partial charge in [0.15, 0.2) is 0 Å². The van der Waals surface area contributed by atoms with Gasteiger partial charge in [0, 0.05) is 26.7 Å². The van der Waals surface area contributed by atoms with E-state index < -0.39 is 0 Å². The second-order valence-corrected chi connectivity index (χ2v) is 8.73. The third-order valence-corrected chi connectivity index (χ3v) is 5.27. The van der Waals surface area contributed by atoms with Gasteiger partial charge in [0.1, 0.15) is 0 Å². The van der Waals surface area contributed by atoms with Crippen molar-refractivity contribution in [3.63, 3.8) is 0 Å². The highest BCUT2D eigenvalue weighted by molar-refractivity contribution is 9.10. The average Bonchev–Trinajstić information content (AvgIpc) is 2.26. The van der Waals surface area contributed by atoms with Crippen molar-refractivity contribution in [1.82, 2.24) is 5.32 Å². The van der Waals surface area contributed by atoms with Crippen LogP contribution in [0.25, 0.3) is 0 Å². The number of halogens is 1. The fraction of sp³-hybridized carbons (Fsp3) is 0.625. The molecule has 0 spiro atoms. The van der Waals surface area contributed by atoms with E-state index in [1.54, 1.807) is 0 Å². The summed E-state index contributed by atoms with van der Waals surface area (Å²) in [5, 5.41) is 4.16. The number of hydrogen-bond donors (Lipinski definition) is 1. The maximum Gasteiger partial charge on any atom is 0.0231 e. The molecule has 0 fully saturated rings. The van der Waals surface area contributed by atoms with Crippen LogP contribution in [0.15, 0.2) is 27.6 Å². The maximum absolute atomic E-state index is 3.69. The SMILES string of the molecule is CC(C)C(C)Sc1ccc(CNC(C)(C)C)c(Br)c1. The zero-order chi connectivity index (χ0) is 14.6. The quantitative estimate of drug-likeness (QED) is 0.711. The molecule has 1 aromatic rings.